The zero-order valence-electron chi connectivity index (χ0n) is 8.39. The van der Waals surface area contributed by atoms with Crippen LogP contribution in [0.3, 0.4) is 0 Å². The summed E-state index contributed by atoms with van der Waals surface area (Å²) in [6.45, 7) is 0. The van der Waals surface area contributed by atoms with Gasteiger partial charge in [0.05, 0.1) is 17.8 Å². The maximum Gasteiger partial charge on any atom is 0.446 e. The molecule has 0 aliphatic heterocycles. The predicted octanol–water partition coefficient (Wildman–Crippen LogP) is 3.92. The molecule has 1 aromatic rings. The highest BCUT2D eigenvalue weighted by Gasteiger charge is 2.31. The van der Waals surface area contributed by atoms with Crippen molar-refractivity contribution in [1.29, 1.82) is 0 Å². The smallest absolute Gasteiger partial charge is 0.446 e. The van der Waals surface area contributed by atoms with E-state index in [1.54, 1.807) is 22.6 Å². The Morgan fingerprint density at radius 3 is 2.25 bits per heavy atom. The van der Waals surface area contributed by atoms with E-state index in [1.807, 2.05) is 0 Å². The third-order valence-electron chi connectivity index (χ3n) is 1.68. The highest BCUT2D eigenvalue weighted by molar-refractivity contribution is 14.1. The van der Waals surface area contributed by atoms with Gasteiger partial charge in [-0.3, -0.25) is 0 Å². The van der Waals surface area contributed by atoms with Crippen molar-refractivity contribution >= 4 is 34.4 Å². The van der Waals surface area contributed by atoms with E-state index >= 15 is 0 Å². The van der Waals surface area contributed by atoms with Crippen molar-refractivity contribution in [3.05, 3.63) is 15.7 Å². The molecule has 7 heteroatoms. The lowest BCUT2D eigenvalue weighted by Gasteiger charge is -2.13. The van der Waals surface area contributed by atoms with E-state index < -0.39 is 5.51 Å². The Bertz CT molecular complexity index is 382. The van der Waals surface area contributed by atoms with Crippen molar-refractivity contribution in [1.82, 2.24) is 0 Å². The number of thioether (sulfide) groups is 1. The number of hydrogen-bond acceptors (Lipinski definition) is 3. The molecule has 0 aliphatic carbocycles. The zero-order chi connectivity index (χ0) is 12.3. The SMILES string of the molecule is COc1ccc(SC(F)(F)F)c(I)c1OC. The highest BCUT2D eigenvalue weighted by atomic mass is 127. The van der Waals surface area contributed by atoms with E-state index in [2.05, 4.69) is 0 Å². The molecule has 0 radical (unpaired) electrons. The van der Waals surface area contributed by atoms with Crippen molar-refractivity contribution in [3.63, 3.8) is 0 Å². The molecule has 0 bridgehead atoms. The predicted molar refractivity (Wildman–Crippen MR) is 64.2 cm³/mol. The summed E-state index contributed by atoms with van der Waals surface area (Å²) >= 11 is 1.64. The monoisotopic (exact) mass is 364 g/mol. The maximum atomic E-state index is 12.2. The summed E-state index contributed by atoms with van der Waals surface area (Å²) in [6.07, 6.45) is 0. The molecular weight excluding hydrogens is 356 g/mol. The van der Waals surface area contributed by atoms with Gasteiger partial charge >= 0.3 is 5.51 Å². The van der Waals surface area contributed by atoms with Crippen LogP contribution in [0.2, 0.25) is 0 Å². The molecule has 0 saturated carbocycles. The van der Waals surface area contributed by atoms with E-state index in [0.29, 0.717) is 15.1 Å². The summed E-state index contributed by atoms with van der Waals surface area (Å²) in [7, 11) is 2.83. The fourth-order valence-electron chi connectivity index (χ4n) is 1.07. The standard InChI is InChI=1S/C9H8F3IO2S/c1-14-5-3-4-6(16-9(10,11)12)7(13)8(5)15-2/h3-4H,1-2H3. The first-order valence-electron chi connectivity index (χ1n) is 4.05. The van der Waals surface area contributed by atoms with Gasteiger partial charge in [-0.2, -0.15) is 13.2 Å². The second-order valence-electron chi connectivity index (χ2n) is 2.66. The number of rotatable bonds is 3. The van der Waals surface area contributed by atoms with Crippen LogP contribution in [-0.2, 0) is 0 Å². The van der Waals surface area contributed by atoms with Gasteiger partial charge in [0.15, 0.2) is 11.5 Å². The third-order valence-corrected chi connectivity index (χ3v) is 3.90. The number of ether oxygens (including phenoxy) is 2. The van der Waals surface area contributed by atoms with Crippen molar-refractivity contribution < 1.29 is 22.6 Å². The van der Waals surface area contributed by atoms with Crippen LogP contribution in [0.15, 0.2) is 17.0 Å². The summed E-state index contributed by atoms with van der Waals surface area (Å²) < 4.78 is 47.1. The molecule has 2 nitrogen and oxygen atoms in total. The van der Waals surface area contributed by atoms with Crippen LogP contribution in [0.4, 0.5) is 13.2 Å². The van der Waals surface area contributed by atoms with Crippen molar-refractivity contribution in [2.75, 3.05) is 14.2 Å². The van der Waals surface area contributed by atoms with Crippen molar-refractivity contribution in [3.8, 4) is 11.5 Å². The molecule has 0 spiro atoms. The molecule has 0 aromatic heterocycles. The quantitative estimate of drug-likeness (QED) is 0.599. The van der Waals surface area contributed by atoms with Gasteiger partial charge in [0.25, 0.3) is 0 Å². The Labute approximate surface area is 109 Å². The molecule has 1 aromatic carbocycles. The molecule has 0 heterocycles. The van der Waals surface area contributed by atoms with E-state index in [9.17, 15) is 13.2 Å². The molecule has 1 rings (SSSR count). The van der Waals surface area contributed by atoms with Crippen LogP contribution in [0.25, 0.3) is 0 Å². The minimum Gasteiger partial charge on any atom is -0.493 e. The van der Waals surface area contributed by atoms with Crippen LogP contribution in [0.5, 0.6) is 11.5 Å². The Morgan fingerprint density at radius 2 is 1.81 bits per heavy atom. The second kappa shape index (κ2) is 5.35. The molecule has 16 heavy (non-hydrogen) atoms. The van der Waals surface area contributed by atoms with Crippen LogP contribution in [0.1, 0.15) is 0 Å². The van der Waals surface area contributed by atoms with E-state index in [-0.39, 0.29) is 16.7 Å². The average molecular weight is 364 g/mol. The largest absolute Gasteiger partial charge is 0.493 e. The first-order valence-corrected chi connectivity index (χ1v) is 5.94. The van der Waals surface area contributed by atoms with Gasteiger partial charge in [-0.05, 0) is 46.5 Å². The Kier molecular flexibility index (Phi) is 4.60. The molecule has 0 amide bonds. The second-order valence-corrected chi connectivity index (χ2v) is 4.85. The summed E-state index contributed by atoms with van der Waals surface area (Å²) in [5.74, 6) is 0.732. The highest BCUT2D eigenvalue weighted by Crippen LogP contribution is 2.44. The van der Waals surface area contributed by atoms with Gasteiger partial charge in [-0.25, -0.2) is 0 Å². The number of alkyl halides is 3. The van der Waals surface area contributed by atoms with Gasteiger partial charge in [0, 0.05) is 4.90 Å². The fraction of sp³-hybridized carbons (Fsp3) is 0.333. The van der Waals surface area contributed by atoms with Gasteiger partial charge < -0.3 is 9.47 Å². The normalized spacial score (nSPS) is 11.4. The molecule has 0 saturated heterocycles. The molecule has 0 aliphatic rings. The summed E-state index contributed by atoms with van der Waals surface area (Å²) in [5, 5.41) is 0. The van der Waals surface area contributed by atoms with Gasteiger partial charge in [-0.15, -0.1) is 0 Å². The summed E-state index contributed by atoms with van der Waals surface area (Å²) in [5.41, 5.74) is -4.31. The van der Waals surface area contributed by atoms with Gasteiger partial charge in [-0.1, -0.05) is 0 Å². The van der Waals surface area contributed by atoms with Gasteiger partial charge in [0.2, 0.25) is 0 Å². The molecule has 0 atom stereocenters. The number of halogens is 4. The Morgan fingerprint density at radius 1 is 1.19 bits per heavy atom. The molecule has 0 unspecified atom stereocenters. The lowest BCUT2D eigenvalue weighted by Crippen LogP contribution is -2.01. The van der Waals surface area contributed by atoms with E-state index in [0.717, 1.165) is 0 Å². The van der Waals surface area contributed by atoms with Crippen molar-refractivity contribution in [2.45, 2.75) is 10.4 Å². The number of hydrogen-bond donors (Lipinski definition) is 0. The zero-order valence-corrected chi connectivity index (χ0v) is 11.4. The van der Waals surface area contributed by atoms with Gasteiger partial charge in [0.1, 0.15) is 0 Å². The molecule has 0 fully saturated rings. The number of benzene rings is 1. The minimum absolute atomic E-state index is 0.103. The number of methoxy groups -OCH3 is 2. The topological polar surface area (TPSA) is 18.5 Å². The lowest BCUT2D eigenvalue weighted by molar-refractivity contribution is -0.0328. The third kappa shape index (κ3) is 3.34. The first-order chi connectivity index (χ1) is 7.39. The molecular formula is C9H8F3IO2S. The molecule has 0 N–H and O–H groups in total. The summed E-state index contributed by atoms with van der Waals surface area (Å²) in [4.78, 5) is 0.103. The van der Waals surface area contributed by atoms with E-state index in [1.165, 1.54) is 26.4 Å². The van der Waals surface area contributed by atoms with E-state index in [4.69, 9.17) is 9.47 Å². The van der Waals surface area contributed by atoms with Crippen LogP contribution in [-0.4, -0.2) is 19.7 Å². The maximum absolute atomic E-state index is 12.2. The Balaban J connectivity index is 3.14. The van der Waals surface area contributed by atoms with Crippen molar-refractivity contribution in [2.24, 2.45) is 0 Å². The van der Waals surface area contributed by atoms with Crippen LogP contribution in [0, 0.1) is 3.57 Å². The lowest BCUT2D eigenvalue weighted by atomic mass is 10.3. The Hall–Kier alpha value is -0.310. The first kappa shape index (κ1) is 13.8. The average Bonchev–Trinajstić information content (AvgIpc) is 2.19. The van der Waals surface area contributed by atoms with Crippen LogP contribution < -0.4 is 9.47 Å². The fourth-order valence-corrected chi connectivity index (χ4v) is 2.64. The molecule has 90 valence electrons. The minimum atomic E-state index is -4.31. The summed E-state index contributed by atoms with van der Waals surface area (Å²) in [6, 6.07) is 2.82. The van der Waals surface area contributed by atoms with Crippen LogP contribution >= 0.6 is 34.4 Å².